The van der Waals surface area contributed by atoms with Gasteiger partial charge in [0.25, 0.3) is 0 Å². The fraction of sp³-hybridized carbons (Fsp3) is 0.188. The summed E-state index contributed by atoms with van der Waals surface area (Å²) in [5, 5.41) is 11.5. The Kier molecular flexibility index (Phi) is 4.33. The molecule has 0 aliphatic carbocycles. The van der Waals surface area contributed by atoms with Crippen molar-refractivity contribution in [2.75, 3.05) is 5.32 Å². The second-order valence-electron chi connectivity index (χ2n) is 4.86. The lowest BCUT2D eigenvalue weighted by molar-refractivity contribution is -0.115. The van der Waals surface area contributed by atoms with Gasteiger partial charge in [-0.1, -0.05) is 24.3 Å². The summed E-state index contributed by atoms with van der Waals surface area (Å²) >= 11 is 0. The van der Waals surface area contributed by atoms with Crippen molar-refractivity contribution in [3.8, 4) is 0 Å². The van der Waals surface area contributed by atoms with E-state index in [0.29, 0.717) is 0 Å². The first-order valence-electron chi connectivity index (χ1n) is 6.52. The van der Waals surface area contributed by atoms with Crippen LogP contribution in [0.4, 0.5) is 5.82 Å². The van der Waals surface area contributed by atoms with Crippen molar-refractivity contribution in [2.45, 2.75) is 20.3 Å². The molecule has 0 saturated carbocycles. The molecule has 2 N–H and O–H groups in total. The molecule has 0 unspecified atom stereocenters. The molecular weight excluding hydrogens is 268 g/mol. The molecule has 21 heavy (non-hydrogen) atoms. The lowest BCUT2D eigenvalue weighted by Crippen LogP contribution is -2.16. The standard InChI is InChI=1S/C16H16N2O3/c1-10-6-7-12(8-11(10)2)9-15(19)18-14-5-3-4-13(17-14)16(20)21/h3-8H,9H2,1-2H3,(H,20,21)(H,17,18,19). The average molecular weight is 284 g/mol. The number of nitrogens with one attached hydrogen (secondary N) is 1. The molecule has 5 nitrogen and oxygen atoms in total. The first-order valence-corrected chi connectivity index (χ1v) is 6.52. The number of carbonyl (C=O) groups is 2. The van der Waals surface area contributed by atoms with Crippen molar-refractivity contribution < 1.29 is 14.7 Å². The molecule has 5 heteroatoms. The van der Waals surface area contributed by atoms with Gasteiger partial charge in [0.2, 0.25) is 5.91 Å². The van der Waals surface area contributed by atoms with Crippen LogP contribution in [0.15, 0.2) is 36.4 Å². The van der Waals surface area contributed by atoms with Gasteiger partial charge in [0.15, 0.2) is 5.69 Å². The Bertz CT molecular complexity index is 696. The van der Waals surface area contributed by atoms with Gasteiger partial charge >= 0.3 is 5.97 Å². The molecule has 0 aliphatic heterocycles. The molecule has 1 aromatic carbocycles. The van der Waals surface area contributed by atoms with Gasteiger partial charge in [-0.05, 0) is 42.7 Å². The van der Waals surface area contributed by atoms with E-state index in [1.54, 1.807) is 12.1 Å². The third-order valence-corrected chi connectivity index (χ3v) is 3.17. The van der Waals surface area contributed by atoms with Crippen molar-refractivity contribution in [2.24, 2.45) is 0 Å². The summed E-state index contributed by atoms with van der Waals surface area (Å²) in [6.07, 6.45) is 0.222. The number of pyridine rings is 1. The Balaban J connectivity index is 2.06. The van der Waals surface area contributed by atoms with Crippen LogP contribution in [0.1, 0.15) is 27.2 Å². The molecule has 1 heterocycles. The average Bonchev–Trinajstić information content (AvgIpc) is 2.43. The van der Waals surface area contributed by atoms with Crippen LogP contribution in [0.25, 0.3) is 0 Å². The van der Waals surface area contributed by atoms with Crippen molar-refractivity contribution >= 4 is 17.7 Å². The van der Waals surface area contributed by atoms with E-state index in [2.05, 4.69) is 10.3 Å². The molecule has 0 spiro atoms. The van der Waals surface area contributed by atoms with Crippen molar-refractivity contribution in [1.29, 1.82) is 0 Å². The van der Waals surface area contributed by atoms with Gasteiger partial charge in [0.1, 0.15) is 5.82 Å². The highest BCUT2D eigenvalue weighted by Gasteiger charge is 2.09. The largest absolute Gasteiger partial charge is 0.477 e. The number of hydrogen-bond acceptors (Lipinski definition) is 3. The molecule has 1 amide bonds. The normalized spacial score (nSPS) is 10.2. The molecule has 0 radical (unpaired) electrons. The van der Waals surface area contributed by atoms with E-state index < -0.39 is 5.97 Å². The van der Waals surface area contributed by atoms with E-state index >= 15 is 0 Å². The first-order chi connectivity index (χ1) is 9.95. The predicted octanol–water partition coefficient (Wildman–Crippen LogP) is 2.58. The van der Waals surface area contributed by atoms with E-state index in [1.165, 1.54) is 11.6 Å². The molecular formula is C16H16N2O3. The summed E-state index contributed by atoms with van der Waals surface area (Å²) in [6.45, 7) is 4.01. The minimum absolute atomic E-state index is 0.0982. The summed E-state index contributed by atoms with van der Waals surface area (Å²) in [5.74, 6) is -1.11. The van der Waals surface area contributed by atoms with E-state index in [4.69, 9.17) is 5.11 Å². The molecule has 108 valence electrons. The summed E-state index contributed by atoms with van der Waals surface area (Å²) in [7, 11) is 0. The Morgan fingerprint density at radius 1 is 1.14 bits per heavy atom. The number of carbonyl (C=O) groups excluding carboxylic acids is 1. The van der Waals surface area contributed by atoms with Gasteiger partial charge in [-0.25, -0.2) is 9.78 Å². The summed E-state index contributed by atoms with van der Waals surface area (Å²) in [6, 6.07) is 10.3. The Morgan fingerprint density at radius 2 is 1.90 bits per heavy atom. The number of aromatic carboxylic acids is 1. The number of carboxylic acids is 1. The van der Waals surface area contributed by atoms with E-state index in [9.17, 15) is 9.59 Å². The zero-order valence-electron chi connectivity index (χ0n) is 11.9. The van der Waals surface area contributed by atoms with Crippen LogP contribution in [0.2, 0.25) is 0 Å². The third kappa shape index (κ3) is 3.89. The quantitative estimate of drug-likeness (QED) is 0.904. The number of carboxylic acid groups (broad SMARTS) is 1. The Morgan fingerprint density at radius 3 is 2.57 bits per heavy atom. The highest BCUT2D eigenvalue weighted by molar-refractivity contribution is 5.92. The van der Waals surface area contributed by atoms with Crippen LogP contribution in [0.5, 0.6) is 0 Å². The van der Waals surface area contributed by atoms with Crippen molar-refractivity contribution in [1.82, 2.24) is 4.98 Å². The van der Waals surface area contributed by atoms with Crippen molar-refractivity contribution in [3.63, 3.8) is 0 Å². The minimum atomic E-state index is -1.12. The SMILES string of the molecule is Cc1ccc(CC(=O)Nc2cccc(C(=O)O)n2)cc1C. The topological polar surface area (TPSA) is 79.3 Å². The maximum Gasteiger partial charge on any atom is 0.354 e. The van der Waals surface area contributed by atoms with Gasteiger partial charge in [0.05, 0.1) is 6.42 Å². The molecule has 2 aromatic rings. The molecule has 0 saturated heterocycles. The van der Waals surface area contributed by atoms with Gasteiger partial charge in [-0.15, -0.1) is 0 Å². The lowest BCUT2D eigenvalue weighted by Gasteiger charge is -2.07. The highest BCUT2D eigenvalue weighted by atomic mass is 16.4. The number of benzene rings is 1. The lowest BCUT2D eigenvalue weighted by atomic mass is 10.0. The fourth-order valence-corrected chi connectivity index (χ4v) is 1.91. The van der Waals surface area contributed by atoms with Crippen LogP contribution >= 0.6 is 0 Å². The molecule has 0 atom stereocenters. The Hall–Kier alpha value is -2.69. The van der Waals surface area contributed by atoms with Gasteiger partial charge < -0.3 is 10.4 Å². The first kappa shape index (κ1) is 14.7. The van der Waals surface area contributed by atoms with Crippen LogP contribution < -0.4 is 5.32 Å². The molecule has 2 rings (SSSR count). The number of anilines is 1. The molecule has 0 fully saturated rings. The number of aryl methyl sites for hydroxylation is 2. The zero-order chi connectivity index (χ0) is 15.4. The second-order valence-corrected chi connectivity index (χ2v) is 4.86. The summed E-state index contributed by atoms with van der Waals surface area (Å²) in [5.41, 5.74) is 3.12. The highest BCUT2D eigenvalue weighted by Crippen LogP contribution is 2.11. The van der Waals surface area contributed by atoms with E-state index in [-0.39, 0.29) is 23.8 Å². The van der Waals surface area contributed by atoms with E-state index in [1.807, 2.05) is 32.0 Å². The number of aromatic nitrogens is 1. The fourth-order valence-electron chi connectivity index (χ4n) is 1.91. The third-order valence-electron chi connectivity index (χ3n) is 3.17. The second kappa shape index (κ2) is 6.17. The van der Waals surface area contributed by atoms with Gasteiger partial charge in [-0.2, -0.15) is 0 Å². The van der Waals surface area contributed by atoms with Crippen LogP contribution in [0, 0.1) is 13.8 Å². The number of amides is 1. The minimum Gasteiger partial charge on any atom is -0.477 e. The van der Waals surface area contributed by atoms with Crippen LogP contribution in [-0.4, -0.2) is 22.0 Å². The monoisotopic (exact) mass is 284 g/mol. The Labute approximate surface area is 122 Å². The van der Waals surface area contributed by atoms with Gasteiger partial charge in [-0.3, -0.25) is 4.79 Å². The molecule has 0 bridgehead atoms. The molecule has 0 aliphatic rings. The zero-order valence-corrected chi connectivity index (χ0v) is 11.9. The van der Waals surface area contributed by atoms with Crippen LogP contribution in [-0.2, 0) is 11.2 Å². The maximum absolute atomic E-state index is 12.0. The number of nitrogens with zero attached hydrogens (tertiary/aromatic N) is 1. The van der Waals surface area contributed by atoms with Crippen LogP contribution in [0.3, 0.4) is 0 Å². The van der Waals surface area contributed by atoms with E-state index in [0.717, 1.165) is 11.1 Å². The number of rotatable bonds is 4. The molecule has 1 aromatic heterocycles. The maximum atomic E-state index is 12.0. The predicted molar refractivity (Wildman–Crippen MR) is 79.4 cm³/mol. The number of hydrogen-bond donors (Lipinski definition) is 2. The summed E-state index contributed by atoms with van der Waals surface area (Å²) in [4.78, 5) is 26.6. The van der Waals surface area contributed by atoms with Crippen molar-refractivity contribution in [3.05, 3.63) is 58.8 Å². The smallest absolute Gasteiger partial charge is 0.354 e. The summed E-state index contributed by atoms with van der Waals surface area (Å²) < 4.78 is 0. The van der Waals surface area contributed by atoms with Gasteiger partial charge in [0, 0.05) is 0 Å².